The van der Waals surface area contributed by atoms with Crippen molar-refractivity contribution >= 4 is 12.6 Å². The summed E-state index contributed by atoms with van der Waals surface area (Å²) >= 11 is 0. The number of halogens is 1. The van der Waals surface area contributed by atoms with E-state index in [0.29, 0.717) is 17.8 Å². The van der Waals surface area contributed by atoms with Crippen LogP contribution in [0.2, 0.25) is 0 Å². The third kappa shape index (κ3) is 3.72. The molecule has 0 unspecified atom stereocenters. The molecule has 1 fully saturated rings. The number of aryl methyl sites for hydroxylation is 1. The van der Waals surface area contributed by atoms with Crippen LogP contribution in [0.25, 0.3) is 0 Å². The molecule has 2 aromatic rings. The molecule has 2 aromatic carbocycles. The van der Waals surface area contributed by atoms with Crippen LogP contribution in [0, 0.1) is 12.7 Å². The minimum absolute atomic E-state index is 0.340. The van der Waals surface area contributed by atoms with Crippen LogP contribution in [0.5, 0.6) is 5.75 Å². The van der Waals surface area contributed by atoms with Crippen molar-refractivity contribution in [3.63, 3.8) is 0 Å². The topological polar surface area (TPSA) is 27.7 Å². The standard InChI is InChI=1S/C20H24BFO3/c1-14-6-8-15(9-7-14)13-23-18-11-10-16(22)12-17(18)21-24-19(2,3)20(4,5)25-21/h6-12H,13H2,1-5H3. The lowest BCUT2D eigenvalue weighted by molar-refractivity contribution is 0.00578. The normalized spacial score (nSPS) is 18.4. The van der Waals surface area contributed by atoms with Crippen molar-refractivity contribution in [3.8, 4) is 5.75 Å². The van der Waals surface area contributed by atoms with Gasteiger partial charge >= 0.3 is 7.12 Å². The lowest BCUT2D eigenvalue weighted by Crippen LogP contribution is -2.41. The second-order valence-electron chi connectivity index (χ2n) is 7.54. The van der Waals surface area contributed by atoms with Crippen molar-refractivity contribution in [2.45, 2.75) is 52.4 Å². The molecule has 0 aromatic heterocycles. The van der Waals surface area contributed by atoms with Crippen LogP contribution >= 0.6 is 0 Å². The van der Waals surface area contributed by atoms with Gasteiger partial charge in [-0.15, -0.1) is 0 Å². The fourth-order valence-corrected chi connectivity index (χ4v) is 2.65. The van der Waals surface area contributed by atoms with E-state index in [1.807, 2.05) is 58.9 Å². The Balaban J connectivity index is 1.83. The summed E-state index contributed by atoms with van der Waals surface area (Å²) in [6.07, 6.45) is 0. The monoisotopic (exact) mass is 342 g/mol. The minimum atomic E-state index is -0.659. The van der Waals surface area contributed by atoms with Crippen molar-refractivity contribution < 1.29 is 18.4 Å². The maximum absolute atomic E-state index is 13.8. The van der Waals surface area contributed by atoms with Gasteiger partial charge in [-0.2, -0.15) is 0 Å². The van der Waals surface area contributed by atoms with Gasteiger partial charge in [0.2, 0.25) is 0 Å². The van der Waals surface area contributed by atoms with Crippen molar-refractivity contribution in [1.29, 1.82) is 0 Å². The summed E-state index contributed by atoms with van der Waals surface area (Å²) < 4.78 is 31.9. The van der Waals surface area contributed by atoms with Gasteiger partial charge in [0, 0.05) is 5.46 Å². The number of benzene rings is 2. The summed E-state index contributed by atoms with van der Waals surface area (Å²) in [5.41, 5.74) is 1.85. The van der Waals surface area contributed by atoms with E-state index < -0.39 is 18.3 Å². The Morgan fingerprint density at radius 2 is 1.56 bits per heavy atom. The largest absolute Gasteiger partial charge is 0.498 e. The van der Waals surface area contributed by atoms with Gasteiger partial charge in [0.05, 0.1) is 11.2 Å². The highest BCUT2D eigenvalue weighted by molar-refractivity contribution is 6.63. The SMILES string of the molecule is Cc1ccc(COc2ccc(F)cc2B2OC(C)(C)C(C)(C)O2)cc1. The van der Waals surface area contributed by atoms with Gasteiger partial charge < -0.3 is 14.0 Å². The lowest BCUT2D eigenvalue weighted by atomic mass is 9.78. The first-order valence-electron chi connectivity index (χ1n) is 8.51. The molecule has 0 aliphatic carbocycles. The summed E-state index contributed by atoms with van der Waals surface area (Å²) in [5.74, 6) is 0.230. The molecule has 3 nitrogen and oxygen atoms in total. The van der Waals surface area contributed by atoms with Gasteiger partial charge in [-0.1, -0.05) is 29.8 Å². The first-order valence-corrected chi connectivity index (χ1v) is 8.51. The van der Waals surface area contributed by atoms with E-state index in [1.54, 1.807) is 6.07 Å². The Hall–Kier alpha value is -1.85. The Labute approximate surface area is 149 Å². The summed E-state index contributed by atoms with van der Waals surface area (Å²) in [6.45, 7) is 10.3. The molecule has 0 N–H and O–H groups in total. The molecule has 0 bridgehead atoms. The van der Waals surface area contributed by atoms with Gasteiger partial charge in [-0.3, -0.25) is 0 Å². The van der Waals surface area contributed by atoms with Crippen molar-refractivity contribution in [2.75, 3.05) is 0 Å². The zero-order valence-corrected chi connectivity index (χ0v) is 15.4. The molecule has 132 valence electrons. The second kappa shape index (κ2) is 6.47. The average Bonchev–Trinajstić information content (AvgIpc) is 2.75. The summed E-state index contributed by atoms with van der Waals surface area (Å²) in [6, 6.07) is 12.6. The number of hydrogen-bond acceptors (Lipinski definition) is 3. The molecule has 0 spiro atoms. The maximum atomic E-state index is 13.8. The molecule has 25 heavy (non-hydrogen) atoms. The van der Waals surface area contributed by atoms with Crippen LogP contribution in [-0.4, -0.2) is 18.3 Å². The molecule has 1 aliphatic rings. The predicted octanol–water partition coefficient (Wildman–Crippen LogP) is 4.01. The molecule has 5 heteroatoms. The third-order valence-corrected chi connectivity index (χ3v) is 4.99. The summed E-state index contributed by atoms with van der Waals surface area (Å²) in [5, 5.41) is 0. The van der Waals surface area contributed by atoms with E-state index in [4.69, 9.17) is 14.0 Å². The molecule has 0 atom stereocenters. The van der Waals surface area contributed by atoms with E-state index >= 15 is 0 Å². The highest BCUT2D eigenvalue weighted by Crippen LogP contribution is 2.37. The lowest BCUT2D eigenvalue weighted by Gasteiger charge is -2.32. The van der Waals surface area contributed by atoms with E-state index in [9.17, 15) is 4.39 Å². The van der Waals surface area contributed by atoms with E-state index in [-0.39, 0.29) is 5.82 Å². The third-order valence-electron chi connectivity index (χ3n) is 4.99. The van der Waals surface area contributed by atoms with Crippen molar-refractivity contribution in [2.24, 2.45) is 0 Å². The van der Waals surface area contributed by atoms with Crippen molar-refractivity contribution in [1.82, 2.24) is 0 Å². The molecule has 1 aliphatic heterocycles. The summed E-state index contributed by atoms with van der Waals surface area (Å²) in [4.78, 5) is 0. The Morgan fingerprint density at radius 3 is 2.16 bits per heavy atom. The molecule has 0 saturated carbocycles. The van der Waals surface area contributed by atoms with Crippen LogP contribution in [0.1, 0.15) is 38.8 Å². The second-order valence-corrected chi connectivity index (χ2v) is 7.54. The zero-order valence-electron chi connectivity index (χ0n) is 15.4. The number of ether oxygens (including phenoxy) is 1. The van der Waals surface area contributed by atoms with E-state index in [0.717, 1.165) is 5.56 Å². The van der Waals surface area contributed by atoms with Crippen molar-refractivity contribution in [3.05, 3.63) is 59.4 Å². The van der Waals surface area contributed by atoms with E-state index in [2.05, 4.69) is 0 Å². The van der Waals surface area contributed by atoms with Crippen LogP contribution in [0.3, 0.4) is 0 Å². The first-order chi connectivity index (χ1) is 11.7. The van der Waals surface area contributed by atoms with Crippen LogP contribution < -0.4 is 10.2 Å². The van der Waals surface area contributed by atoms with Crippen LogP contribution in [-0.2, 0) is 15.9 Å². The molecule has 3 rings (SSSR count). The summed E-state index contributed by atoms with van der Waals surface area (Å²) in [7, 11) is -0.659. The maximum Gasteiger partial charge on any atom is 0.498 e. The first kappa shape index (κ1) is 18.0. The smallest absolute Gasteiger partial charge is 0.489 e. The molecular weight excluding hydrogens is 318 g/mol. The Morgan fingerprint density at radius 1 is 0.960 bits per heavy atom. The average molecular weight is 342 g/mol. The van der Waals surface area contributed by atoms with Gasteiger partial charge in [0.1, 0.15) is 18.2 Å². The van der Waals surface area contributed by atoms with Gasteiger partial charge in [-0.25, -0.2) is 4.39 Å². The van der Waals surface area contributed by atoms with Gasteiger partial charge in [0.15, 0.2) is 0 Å². The highest BCUT2D eigenvalue weighted by atomic mass is 19.1. The molecule has 0 radical (unpaired) electrons. The van der Waals surface area contributed by atoms with Crippen LogP contribution in [0.4, 0.5) is 4.39 Å². The number of rotatable bonds is 4. The molecular formula is C20H24BFO3. The zero-order chi connectivity index (χ0) is 18.2. The molecule has 1 heterocycles. The number of hydrogen-bond donors (Lipinski definition) is 0. The Bertz CT molecular complexity index is 740. The Kier molecular flexibility index (Phi) is 4.65. The van der Waals surface area contributed by atoms with E-state index in [1.165, 1.54) is 17.7 Å². The van der Waals surface area contributed by atoms with Gasteiger partial charge in [-0.05, 0) is 58.4 Å². The fourth-order valence-electron chi connectivity index (χ4n) is 2.65. The minimum Gasteiger partial charge on any atom is -0.489 e. The van der Waals surface area contributed by atoms with Gasteiger partial charge in [0.25, 0.3) is 0 Å². The van der Waals surface area contributed by atoms with Crippen LogP contribution in [0.15, 0.2) is 42.5 Å². The molecule has 1 saturated heterocycles. The quantitative estimate of drug-likeness (QED) is 0.786. The molecule has 0 amide bonds. The highest BCUT2D eigenvalue weighted by Gasteiger charge is 2.52. The predicted molar refractivity (Wildman–Crippen MR) is 97.6 cm³/mol. The fraction of sp³-hybridized carbons (Fsp3) is 0.400.